The van der Waals surface area contributed by atoms with Crippen molar-refractivity contribution in [1.82, 2.24) is 9.47 Å². The van der Waals surface area contributed by atoms with Gasteiger partial charge in [-0.25, -0.2) is 4.79 Å². The maximum Gasteiger partial charge on any atom is 0.419 e. The van der Waals surface area contributed by atoms with Crippen LogP contribution in [0, 0.1) is 12.8 Å². The van der Waals surface area contributed by atoms with Crippen LogP contribution >= 0.6 is 0 Å². The molecule has 0 N–H and O–H groups in total. The SMILES string of the molecule is CCCCC1CCN(CCCn2c(=O)oc3c(C(C)C)ccc(C)c32)CC1. The zero-order chi connectivity index (χ0) is 19.4. The van der Waals surface area contributed by atoms with Crippen molar-refractivity contribution < 1.29 is 4.42 Å². The standard InChI is InChI=1S/C23H36N2O2/c1-5-6-8-19-11-15-24(16-12-19)13-7-14-25-21-18(4)9-10-20(17(2)3)22(21)27-23(25)26/h9-10,17,19H,5-8,11-16H2,1-4H3. The molecule has 0 unspecified atom stereocenters. The van der Waals surface area contributed by atoms with Gasteiger partial charge in [0.25, 0.3) is 0 Å². The molecule has 1 fully saturated rings. The highest BCUT2D eigenvalue weighted by atomic mass is 16.4. The zero-order valence-electron chi connectivity index (χ0n) is 17.6. The normalized spacial score (nSPS) is 16.6. The van der Waals surface area contributed by atoms with Crippen LogP contribution in [0.5, 0.6) is 0 Å². The summed E-state index contributed by atoms with van der Waals surface area (Å²) in [5.41, 5.74) is 4.02. The van der Waals surface area contributed by atoms with E-state index in [9.17, 15) is 4.79 Å². The minimum absolute atomic E-state index is 0.209. The highest BCUT2D eigenvalue weighted by Gasteiger charge is 2.20. The van der Waals surface area contributed by atoms with Crippen molar-refractivity contribution in [3.8, 4) is 0 Å². The van der Waals surface area contributed by atoms with Crippen LogP contribution in [-0.4, -0.2) is 29.1 Å². The Morgan fingerprint density at radius 3 is 2.56 bits per heavy atom. The molecule has 0 saturated carbocycles. The van der Waals surface area contributed by atoms with Crippen LogP contribution in [0.1, 0.15) is 76.3 Å². The number of fused-ring (bicyclic) bond motifs is 1. The Morgan fingerprint density at radius 1 is 1.15 bits per heavy atom. The fraction of sp³-hybridized carbons (Fsp3) is 0.696. The molecule has 27 heavy (non-hydrogen) atoms. The number of hydrogen-bond acceptors (Lipinski definition) is 3. The van der Waals surface area contributed by atoms with E-state index in [1.165, 1.54) is 45.2 Å². The predicted octanol–water partition coefficient (Wildman–Crippen LogP) is 5.32. The topological polar surface area (TPSA) is 38.4 Å². The van der Waals surface area contributed by atoms with Gasteiger partial charge < -0.3 is 9.32 Å². The zero-order valence-corrected chi connectivity index (χ0v) is 17.6. The molecule has 0 radical (unpaired) electrons. The number of aromatic nitrogens is 1. The molecule has 4 heteroatoms. The van der Waals surface area contributed by atoms with E-state index in [4.69, 9.17) is 4.42 Å². The Kier molecular flexibility index (Phi) is 6.80. The number of nitrogens with zero attached hydrogens (tertiary/aromatic N) is 2. The van der Waals surface area contributed by atoms with Gasteiger partial charge in [-0.2, -0.15) is 0 Å². The van der Waals surface area contributed by atoms with E-state index in [0.29, 0.717) is 5.92 Å². The van der Waals surface area contributed by atoms with Gasteiger partial charge in [-0.05, 0) is 68.8 Å². The van der Waals surface area contributed by atoms with Crippen LogP contribution < -0.4 is 5.76 Å². The fourth-order valence-electron chi connectivity index (χ4n) is 4.46. The first-order chi connectivity index (χ1) is 13.0. The molecule has 3 rings (SSSR count). The van der Waals surface area contributed by atoms with Gasteiger partial charge in [0.1, 0.15) is 0 Å². The Morgan fingerprint density at radius 2 is 1.89 bits per heavy atom. The summed E-state index contributed by atoms with van der Waals surface area (Å²) in [7, 11) is 0. The van der Waals surface area contributed by atoms with Gasteiger partial charge in [0.05, 0.1) is 5.52 Å². The molecule has 0 atom stereocenters. The van der Waals surface area contributed by atoms with Gasteiger partial charge in [-0.1, -0.05) is 52.2 Å². The molecule has 1 aromatic heterocycles. The summed E-state index contributed by atoms with van der Waals surface area (Å²) in [4.78, 5) is 15.0. The maximum atomic E-state index is 12.5. The van der Waals surface area contributed by atoms with Crippen LogP contribution in [-0.2, 0) is 6.54 Å². The minimum atomic E-state index is -0.209. The molecule has 2 heterocycles. The van der Waals surface area contributed by atoms with E-state index < -0.39 is 0 Å². The van der Waals surface area contributed by atoms with Crippen molar-refractivity contribution in [2.45, 2.75) is 78.7 Å². The second kappa shape index (κ2) is 9.09. The number of likely N-dealkylation sites (tertiary alicyclic amines) is 1. The van der Waals surface area contributed by atoms with Gasteiger partial charge in [0, 0.05) is 6.54 Å². The molecule has 1 saturated heterocycles. The summed E-state index contributed by atoms with van der Waals surface area (Å²) in [5.74, 6) is 1.07. The van der Waals surface area contributed by atoms with Crippen LogP contribution in [0.4, 0.5) is 0 Å². The van der Waals surface area contributed by atoms with Crippen molar-refractivity contribution in [3.05, 3.63) is 33.8 Å². The van der Waals surface area contributed by atoms with Gasteiger partial charge in [-0.3, -0.25) is 4.57 Å². The number of hydrogen-bond donors (Lipinski definition) is 0. The smallest absolute Gasteiger partial charge is 0.407 e. The van der Waals surface area contributed by atoms with E-state index in [1.807, 2.05) is 4.57 Å². The number of unbranched alkanes of at least 4 members (excludes halogenated alkanes) is 1. The summed E-state index contributed by atoms with van der Waals surface area (Å²) in [6.07, 6.45) is 7.76. The monoisotopic (exact) mass is 372 g/mol. The largest absolute Gasteiger partial charge is 0.419 e. The average molecular weight is 373 g/mol. The molecular formula is C23H36N2O2. The lowest BCUT2D eigenvalue weighted by atomic mass is 9.91. The number of rotatable bonds is 8. The van der Waals surface area contributed by atoms with E-state index in [0.717, 1.165) is 47.7 Å². The van der Waals surface area contributed by atoms with Crippen molar-refractivity contribution >= 4 is 11.1 Å². The molecule has 2 aromatic rings. The number of aryl methyl sites for hydroxylation is 2. The third-order valence-corrected chi connectivity index (χ3v) is 6.19. The van der Waals surface area contributed by atoms with Crippen molar-refractivity contribution in [3.63, 3.8) is 0 Å². The molecular weight excluding hydrogens is 336 g/mol. The Balaban J connectivity index is 1.61. The first-order valence-electron chi connectivity index (χ1n) is 10.9. The molecule has 1 aliphatic heterocycles. The molecule has 0 bridgehead atoms. The first-order valence-corrected chi connectivity index (χ1v) is 10.9. The molecule has 150 valence electrons. The van der Waals surface area contributed by atoms with Gasteiger partial charge in [-0.15, -0.1) is 0 Å². The molecule has 1 aliphatic rings. The van der Waals surface area contributed by atoms with Crippen LogP contribution in [0.2, 0.25) is 0 Å². The molecule has 0 amide bonds. The fourth-order valence-corrected chi connectivity index (χ4v) is 4.46. The highest BCUT2D eigenvalue weighted by molar-refractivity contribution is 5.80. The minimum Gasteiger partial charge on any atom is -0.407 e. The van der Waals surface area contributed by atoms with E-state index in [-0.39, 0.29) is 5.76 Å². The number of benzene rings is 1. The lowest BCUT2D eigenvalue weighted by Gasteiger charge is -2.32. The Bertz CT molecular complexity index is 795. The summed E-state index contributed by atoms with van der Waals surface area (Å²) < 4.78 is 7.51. The lowest BCUT2D eigenvalue weighted by molar-refractivity contribution is 0.173. The molecule has 1 aromatic carbocycles. The summed E-state index contributed by atoms with van der Waals surface area (Å²) >= 11 is 0. The van der Waals surface area contributed by atoms with Crippen LogP contribution in [0.3, 0.4) is 0 Å². The van der Waals surface area contributed by atoms with Crippen molar-refractivity contribution in [2.75, 3.05) is 19.6 Å². The third kappa shape index (κ3) is 4.66. The van der Waals surface area contributed by atoms with Crippen LogP contribution in [0.15, 0.2) is 21.3 Å². The van der Waals surface area contributed by atoms with E-state index >= 15 is 0 Å². The second-order valence-electron chi connectivity index (χ2n) is 8.60. The Labute approximate surface area is 163 Å². The van der Waals surface area contributed by atoms with Crippen LogP contribution in [0.25, 0.3) is 11.1 Å². The molecule has 0 aliphatic carbocycles. The third-order valence-electron chi connectivity index (χ3n) is 6.19. The van der Waals surface area contributed by atoms with E-state index in [1.54, 1.807) is 0 Å². The second-order valence-corrected chi connectivity index (χ2v) is 8.60. The highest BCUT2D eigenvalue weighted by Crippen LogP contribution is 2.27. The van der Waals surface area contributed by atoms with Crippen molar-refractivity contribution in [2.24, 2.45) is 5.92 Å². The van der Waals surface area contributed by atoms with Gasteiger partial charge >= 0.3 is 5.76 Å². The number of oxazole rings is 1. The number of piperidine rings is 1. The Hall–Kier alpha value is -1.55. The average Bonchev–Trinajstić information content (AvgIpc) is 2.98. The predicted molar refractivity (Wildman–Crippen MR) is 113 cm³/mol. The summed E-state index contributed by atoms with van der Waals surface area (Å²) in [6.45, 7) is 12.9. The summed E-state index contributed by atoms with van der Waals surface area (Å²) in [5, 5.41) is 0. The quantitative estimate of drug-likeness (QED) is 0.629. The van der Waals surface area contributed by atoms with Gasteiger partial charge in [0.2, 0.25) is 0 Å². The first kappa shape index (κ1) is 20.2. The molecule has 0 spiro atoms. The lowest BCUT2D eigenvalue weighted by Crippen LogP contribution is -2.35. The van der Waals surface area contributed by atoms with Crippen molar-refractivity contribution in [1.29, 1.82) is 0 Å². The molecule has 4 nitrogen and oxygen atoms in total. The van der Waals surface area contributed by atoms with E-state index in [2.05, 4.69) is 44.7 Å². The summed E-state index contributed by atoms with van der Waals surface area (Å²) in [6, 6.07) is 4.21. The maximum absolute atomic E-state index is 12.5. The van der Waals surface area contributed by atoms with Gasteiger partial charge in [0.15, 0.2) is 5.58 Å².